The molecule has 0 fully saturated rings. The van der Waals surface area contributed by atoms with E-state index >= 15 is 0 Å². The Morgan fingerprint density at radius 3 is 2.14 bits per heavy atom. The lowest BCUT2D eigenvalue weighted by atomic mass is 10.1. The van der Waals surface area contributed by atoms with E-state index in [9.17, 15) is 23.3 Å². The molecule has 0 radical (unpaired) electrons. The smallest absolute Gasteiger partial charge is 0.258 e. The third-order valence-electron chi connectivity index (χ3n) is 4.16. The molecule has 9 heteroatoms. The molecule has 0 atom stereocenters. The molecule has 6 nitrogen and oxygen atoms in total. The highest BCUT2D eigenvalue weighted by Crippen LogP contribution is 2.33. The number of nitro groups is 1. The zero-order valence-corrected chi connectivity index (χ0v) is 14.1. The summed E-state index contributed by atoms with van der Waals surface area (Å²) in [7, 11) is 0. The molecular weight excluding hydrogens is 373 g/mol. The summed E-state index contributed by atoms with van der Waals surface area (Å²) in [6.07, 6.45) is -4.66. The Morgan fingerprint density at radius 1 is 0.893 bits per heavy atom. The van der Waals surface area contributed by atoms with Gasteiger partial charge in [0.15, 0.2) is 11.3 Å². The number of rotatable bonds is 3. The lowest BCUT2D eigenvalue weighted by molar-refractivity contribution is -0.384. The van der Waals surface area contributed by atoms with Crippen LogP contribution in [0.3, 0.4) is 0 Å². The third kappa shape index (κ3) is 3.18. The van der Waals surface area contributed by atoms with Crippen molar-refractivity contribution >= 4 is 11.3 Å². The van der Waals surface area contributed by atoms with Crippen molar-refractivity contribution in [3.8, 4) is 22.5 Å². The van der Waals surface area contributed by atoms with E-state index in [4.69, 9.17) is 0 Å². The van der Waals surface area contributed by atoms with Crippen LogP contribution in [0.15, 0.2) is 66.7 Å². The maximum absolute atomic E-state index is 13.6. The fourth-order valence-corrected chi connectivity index (χ4v) is 2.83. The summed E-state index contributed by atoms with van der Waals surface area (Å²) in [6.45, 7) is 0. The van der Waals surface area contributed by atoms with Crippen LogP contribution >= 0.6 is 0 Å². The van der Waals surface area contributed by atoms with Gasteiger partial charge < -0.3 is 0 Å². The standard InChI is InChI=1S/C19H11F3N4O2/c20-19(21,22)17-10-15(13-6-8-14(9-7-13)26(27)28)23-18-11-16(24-25(17)18)12-4-2-1-3-5-12/h1-11H. The number of nitro benzene ring substituents is 1. The van der Waals surface area contributed by atoms with Crippen molar-refractivity contribution in [2.45, 2.75) is 6.18 Å². The average Bonchev–Trinajstić information content (AvgIpc) is 3.11. The number of hydrogen-bond acceptors (Lipinski definition) is 4. The van der Waals surface area contributed by atoms with E-state index < -0.39 is 16.8 Å². The molecule has 0 amide bonds. The van der Waals surface area contributed by atoms with E-state index in [0.717, 1.165) is 10.6 Å². The molecule has 0 unspecified atom stereocenters. The lowest BCUT2D eigenvalue weighted by Gasteiger charge is -2.11. The Kier molecular flexibility index (Phi) is 4.07. The fraction of sp³-hybridized carbons (Fsp3) is 0.0526. The van der Waals surface area contributed by atoms with E-state index in [-0.39, 0.29) is 17.0 Å². The fourth-order valence-electron chi connectivity index (χ4n) is 2.83. The van der Waals surface area contributed by atoms with Crippen molar-refractivity contribution in [1.82, 2.24) is 14.6 Å². The summed E-state index contributed by atoms with van der Waals surface area (Å²) in [5.41, 5.74) is 0.305. The predicted octanol–water partition coefficient (Wildman–Crippen LogP) is 4.99. The lowest BCUT2D eigenvalue weighted by Crippen LogP contribution is -2.13. The molecule has 0 aliphatic heterocycles. The molecule has 0 bridgehead atoms. The van der Waals surface area contributed by atoms with Crippen molar-refractivity contribution in [1.29, 1.82) is 0 Å². The van der Waals surface area contributed by atoms with Gasteiger partial charge in [-0.05, 0) is 18.2 Å². The Labute approximate surface area is 156 Å². The number of non-ortho nitro benzene ring substituents is 1. The quantitative estimate of drug-likeness (QED) is 0.368. The third-order valence-corrected chi connectivity index (χ3v) is 4.16. The van der Waals surface area contributed by atoms with Crippen LogP contribution in [-0.2, 0) is 6.18 Å². The molecule has 140 valence electrons. The summed E-state index contributed by atoms with van der Waals surface area (Å²) in [6, 6.07) is 16.3. The van der Waals surface area contributed by atoms with Crippen molar-refractivity contribution in [3.63, 3.8) is 0 Å². The van der Waals surface area contributed by atoms with Gasteiger partial charge in [-0.2, -0.15) is 18.3 Å². The topological polar surface area (TPSA) is 73.3 Å². The second-order valence-electron chi connectivity index (χ2n) is 5.99. The van der Waals surface area contributed by atoms with Crippen LogP contribution < -0.4 is 0 Å². The maximum Gasteiger partial charge on any atom is 0.433 e. The molecule has 2 heterocycles. The molecule has 2 aromatic heterocycles. The van der Waals surface area contributed by atoms with Gasteiger partial charge in [0.2, 0.25) is 0 Å². The van der Waals surface area contributed by atoms with Crippen LogP contribution in [-0.4, -0.2) is 19.5 Å². The molecule has 0 aliphatic rings. The summed E-state index contributed by atoms with van der Waals surface area (Å²) in [5, 5.41) is 14.8. The van der Waals surface area contributed by atoms with E-state index in [1.165, 1.54) is 30.3 Å². The van der Waals surface area contributed by atoms with E-state index in [1.54, 1.807) is 30.3 Å². The van der Waals surface area contributed by atoms with Gasteiger partial charge in [-0.25, -0.2) is 9.50 Å². The zero-order valence-electron chi connectivity index (χ0n) is 14.1. The average molecular weight is 384 g/mol. The Morgan fingerprint density at radius 2 is 1.54 bits per heavy atom. The van der Waals surface area contributed by atoms with Crippen molar-refractivity contribution in [2.24, 2.45) is 0 Å². The van der Waals surface area contributed by atoms with Crippen LogP contribution in [0.4, 0.5) is 18.9 Å². The summed E-state index contributed by atoms with van der Waals surface area (Å²) in [4.78, 5) is 14.5. The molecule has 2 aromatic carbocycles. The van der Waals surface area contributed by atoms with Gasteiger partial charge in [0.25, 0.3) is 5.69 Å². The number of alkyl halides is 3. The Balaban J connectivity index is 1.90. The highest BCUT2D eigenvalue weighted by molar-refractivity contribution is 5.68. The number of hydrogen-bond donors (Lipinski definition) is 0. The van der Waals surface area contributed by atoms with Gasteiger partial charge >= 0.3 is 6.18 Å². The summed E-state index contributed by atoms with van der Waals surface area (Å²) in [5.74, 6) is 0. The SMILES string of the molecule is O=[N+]([O-])c1ccc(-c2cc(C(F)(F)F)n3nc(-c4ccccc4)cc3n2)cc1. The van der Waals surface area contributed by atoms with Gasteiger partial charge in [0.05, 0.1) is 16.3 Å². The van der Waals surface area contributed by atoms with Gasteiger partial charge in [-0.1, -0.05) is 30.3 Å². The predicted molar refractivity (Wildman–Crippen MR) is 95.5 cm³/mol. The first-order valence-electron chi connectivity index (χ1n) is 8.11. The first-order valence-corrected chi connectivity index (χ1v) is 8.11. The maximum atomic E-state index is 13.6. The van der Waals surface area contributed by atoms with Crippen molar-refractivity contribution < 1.29 is 18.1 Å². The molecule has 0 spiro atoms. The van der Waals surface area contributed by atoms with Crippen LogP contribution in [0.1, 0.15) is 5.69 Å². The molecule has 0 saturated carbocycles. The normalized spacial score (nSPS) is 11.7. The van der Waals surface area contributed by atoms with Gasteiger partial charge in [0.1, 0.15) is 0 Å². The minimum Gasteiger partial charge on any atom is -0.258 e. The van der Waals surface area contributed by atoms with E-state index in [2.05, 4.69) is 10.1 Å². The molecule has 4 rings (SSSR count). The van der Waals surface area contributed by atoms with Crippen LogP contribution in [0, 0.1) is 10.1 Å². The van der Waals surface area contributed by atoms with Crippen LogP contribution in [0.2, 0.25) is 0 Å². The van der Waals surface area contributed by atoms with Crippen LogP contribution in [0.25, 0.3) is 28.2 Å². The summed E-state index contributed by atoms with van der Waals surface area (Å²) < 4.78 is 41.6. The van der Waals surface area contributed by atoms with E-state index in [1.807, 2.05) is 0 Å². The summed E-state index contributed by atoms with van der Waals surface area (Å²) >= 11 is 0. The number of nitrogens with zero attached hydrogens (tertiary/aromatic N) is 4. The monoisotopic (exact) mass is 384 g/mol. The second-order valence-corrected chi connectivity index (χ2v) is 5.99. The number of halogens is 3. The van der Waals surface area contributed by atoms with Gasteiger partial charge in [0, 0.05) is 29.3 Å². The van der Waals surface area contributed by atoms with Gasteiger partial charge in [-0.3, -0.25) is 10.1 Å². The molecule has 4 aromatic rings. The first kappa shape index (κ1) is 17.7. The molecule has 0 aliphatic carbocycles. The first-order chi connectivity index (χ1) is 13.3. The largest absolute Gasteiger partial charge is 0.433 e. The van der Waals surface area contributed by atoms with Crippen LogP contribution in [0.5, 0.6) is 0 Å². The number of aromatic nitrogens is 3. The number of fused-ring (bicyclic) bond motifs is 1. The zero-order chi connectivity index (χ0) is 19.9. The molecular formula is C19H11F3N4O2. The van der Waals surface area contributed by atoms with Crippen molar-refractivity contribution in [2.75, 3.05) is 0 Å². The minimum atomic E-state index is -4.66. The molecule has 0 N–H and O–H groups in total. The number of benzene rings is 2. The minimum absolute atomic E-state index is 0.0297. The Hall–Kier alpha value is -3.75. The van der Waals surface area contributed by atoms with Crippen molar-refractivity contribution in [3.05, 3.63) is 82.5 Å². The second kappa shape index (κ2) is 6.45. The highest BCUT2D eigenvalue weighted by atomic mass is 19.4. The van der Waals surface area contributed by atoms with E-state index in [0.29, 0.717) is 16.8 Å². The molecule has 28 heavy (non-hydrogen) atoms. The highest BCUT2D eigenvalue weighted by Gasteiger charge is 2.35. The molecule has 0 saturated heterocycles. The van der Waals surface area contributed by atoms with Gasteiger partial charge in [-0.15, -0.1) is 0 Å². The Bertz CT molecular complexity index is 1170.